The van der Waals surface area contributed by atoms with E-state index in [1.54, 1.807) is 6.20 Å². The lowest BCUT2D eigenvalue weighted by molar-refractivity contribution is 0.474. The largest absolute Gasteiger partial charge is 0.355 e. The molecule has 32 heavy (non-hydrogen) atoms. The Bertz CT molecular complexity index is 1010. The van der Waals surface area contributed by atoms with Crippen molar-refractivity contribution in [3.8, 4) is 0 Å². The summed E-state index contributed by atoms with van der Waals surface area (Å²) < 4.78 is 0. The summed E-state index contributed by atoms with van der Waals surface area (Å²) in [6.07, 6.45) is 3.89. The van der Waals surface area contributed by atoms with E-state index in [-0.39, 0.29) is 0 Å². The van der Waals surface area contributed by atoms with Crippen LogP contribution in [-0.2, 0) is 13.1 Å². The predicted octanol–water partition coefficient (Wildman–Crippen LogP) is 3.59. The van der Waals surface area contributed by atoms with Gasteiger partial charge in [0.05, 0.1) is 6.20 Å². The van der Waals surface area contributed by atoms with E-state index in [2.05, 4.69) is 83.5 Å². The van der Waals surface area contributed by atoms with Gasteiger partial charge < -0.3 is 15.1 Å². The molecule has 0 radical (unpaired) electrons. The summed E-state index contributed by atoms with van der Waals surface area (Å²) in [5.74, 6) is 1.79. The molecule has 0 saturated carbocycles. The second-order valence-corrected chi connectivity index (χ2v) is 8.68. The van der Waals surface area contributed by atoms with Gasteiger partial charge in [0.25, 0.3) is 0 Å². The molecule has 7 nitrogen and oxygen atoms in total. The lowest BCUT2D eigenvalue weighted by atomic mass is 10.0. The molecule has 0 amide bonds. The van der Waals surface area contributed by atoms with Crippen molar-refractivity contribution in [1.29, 1.82) is 0 Å². The molecule has 1 aliphatic rings. The van der Waals surface area contributed by atoms with E-state index in [9.17, 15) is 0 Å². The average Bonchev–Trinajstić information content (AvgIpc) is 2.81. The molecule has 7 heteroatoms. The first-order chi connectivity index (χ1) is 15.5. The van der Waals surface area contributed by atoms with Gasteiger partial charge in [0.1, 0.15) is 0 Å². The summed E-state index contributed by atoms with van der Waals surface area (Å²) in [4.78, 5) is 14.3. The molecular formula is C25H33N7. The molecule has 3 aromatic rings. The molecule has 3 heterocycles. The Morgan fingerprint density at radius 1 is 1.00 bits per heavy atom. The zero-order valence-electron chi connectivity index (χ0n) is 19.5. The highest BCUT2D eigenvalue weighted by Gasteiger charge is 2.25. The van der Waals surface area contributed by atoms with Gasteiger partial charge >= 0.3 is 0 Å². The highest BCUT2D eigenvalue weighted by Crippen LogP contribution is 2.24. The highest BCUT2D eigenvalue weighted by atomic mass is 15.3. The van der Waals surface area contributed by atoms with Crippen molar-refractivity contribution < 1.29 is 0 Å². The SMILES string of the molecule is Cc1cnnc(N(C)C2CCN(c3nc(C)c(CNCc4ccccc4)c(C)n3)CC2)c1. The van der Waals surface area contributed by atoms with Crippen LogP contribution in [0.1, 0.15) is 40.9 Å². The zero-order chi connectivity index (χ0) is 22.5. The Labute approximate surface area is 190 Å². The summed E-state index contributed by atoms with van der Waals surface area (Å²) in [6, 6.07) is 13.0. The Hall–Kier alpha value is -3.06. The third kappa shape index (κ3) is 5.22. The molecule has 0 unspecified atom stereocenters. The molecule has 168 valence electrons. The van der Waals surface area contributed by atoms with Crippen LogP contribution < -0.4 is 15.1 Å². The number of aromatic nitrogens is 4. The summed E-state index contributed by atoms with van der Waals surface area (Å²) >= 11 is 0. The molecule has 0 spiro atoms. The van der Waals surface area contributed by atoms with Gasteiger partial charge in [-0.3, -0.25) is 0 Å². The van der Waals surface area contributed by atoms with Gasteiger partial charge in [-0.2, -0.15) is 5.10 Å². The molecule has 1 aromatic carbocycles. The van der Waals surface area contributed by atoms with Crippen LogP contribution in [0.4, 0.5) is 11.8 Å². The maximum atomic E-state index is 4.86. The molecule has 1 saturated heterocycles. The monoisotopic (exact) mass is 431 g/mol. The standard InChI is InChI=1S/C25H33N7/c1-18-14-24(30-27-15-18)31(4)22-10-12-32(13-11-22)25-28-19(2)23(20(3)29-25)17-26-16-21-8-6-5-7-9-21/h5-9,14-15,22,26H,10-13,16-17H2,1-4H3. The number of anilines is 2. The number of aryl methyl sites for hydroxylation is 3. The maximum Gasteiger partial charge on any atom is 0.225 e. The summed E-state index contributed by atoms with van der Waals surface area (Å²) in [5, 5.41) is 11.9. The first kappa shape index (κ1) is 22.1. The van der Waals surface area contributed by atoms with E-state index in [1.807, 2.05) is 6.07 Å². The number of hydrogen-bond donors (Lipinski definition) is 1. The van der Waals surface area contributed by atoms with Crippen molar-refractivity contribution in [1.82, 2.24) is 25.5 Å². The molecular weight excluding hydrogens is 398 g/mol. The average molecular weight is 432 g/mol. The minimum Gasteiger partial charge on any atom is -0.355 e. The van der Waals surface area contributed by atoms with Crippen molar-refractivity contribution in [3.63, 3.8) is 0 Å². The van der Waals surface area contributed by atoms with Crippen LogP contribution >= 0.6 is 0 Å². The number of rotatable bonds is 7. The van der Waals surface area contributed by atoms with Crippen LogP contribution in [0.15, 0.2) is 42.6 Å². The van der Waals surface area contributed by atoms with Crippen molar-refractivity contribution >= 4 is 11.8 Å². The van der Waals surface area contributed by atoms with Crippen molar-refractivity contribution in [3.05, 3.63) is 70.7 Å². The van der Waals surface area contributed by atoms with Crippen molar-refractivity contribution in [2.75, 3.05) is 29.9 Å². The fraction of sp³-hybridized carbons (Fsp3) is 0.440. The number of hydrogen-bond acceptors (Lipinski definition) is 7. The molecule has 4 rings (SSSR count). The minimum absolute atomic E-state index is 0.450. The van der Waals surface area contributed by atoms with Gasteiger partial charge in [0, 0.05) is 56.2 Å². The van der Waals surface area contributed by atoms with Gasteiger partial charge in [-0.15, -0.1) is 5.10 Å². The van der Waals surface area contributed by atoms with Crippen LogP contribution in [0.2, 0.25) is 0 Å². The molecule has 1 fully saturated rings. The van der Waals surface area contributed by atoms with Gasteiger partial charge in [0.15, 0.2) is 5.82 Å². The van der Waals surface area contributed by atoms with Crippen molar-refractivity contribution in [2.45, 2.75) is 52.7 Å². The smallest absolute Gasteiger partial charge is 0.225 e. The first-order valence-corrected chi connectivity index (χ1v) is 11.4. The predicted molar refractivity (Wildman–Crippen MR) is 129 cm³/mol. The van der Waals surface area contributed by atoms with Crippen LogP contribution in [0, 0.1) is 20.8 Å². The number of nitrogens with zero attached hydrogens (tertiary/aromatic N) is 6. The normalized spacial score (nSPS) is 14.6. The quantitative estimate of drug-likeness (QED) is 0.613. The molecule has 2 aromatic heterocycles. The Morgan fingerprint density at radius 2 is 1.69 bits per heavy atom. The van der Waals surface area contributed by atoms with E-state index in [0.717, 1.165) is 67.7 Å². The number of piperidine rings is 1. The molecule has 1 aliphatic heterocycles. The van der Waals surface area contributed by atoms with Crippen LogP contribution in [0.3, 0.4) is 0 Å². The number of nitrogens with one attached hydrogen (secondary N) is 1. The van der Waals surface area contributed by atoms with E-state index < -0.39 is 0 Å². The van der Waals surface area contributed by atoms with Crippen LogP contribution in [0.5, 0.6) is 0 Å². The summed E-state index contributed by atoms with van der Waals surface area (Å²) in [7, 11) is 2.12. The molecule has 0 atom stereocenters. The van der Waals surface area contributed by atoms with Crippen molar-refractivity contribution in [2.24, 2.45) is 0 Å². The van der Waals surface area contributed by atoms with Gasteiger partial charge in [0.2, 0.25) is 5.95 Å². The van der Waals surface area contributed by atoms with E-state index in [1.165, 1.54) is 11.1 Å². The maximum absolute atomic E-state index is 4.86. The third-order valence-electron chi connectivity index (χ3n) is 6.32. The molecule has 0 bridgehead atoms. The third-order valence-corrected chi connectivity index (χ3v) is 6.32. The van der Waals surface area contributed by atoms with E-state index >= 15 is 0 Å². The van der Waals surface area contributed by atoms with Gasteiger partial charge in [-0.05, 0) is 50.8 Å². The first-order valence-electron chi connectivity index (χ1n) is 11.4. The molecule has 1 N–H and O–H groups in total. The second kappa shape index (κ2) is 10.0. The van der Waals surface area contributed by atoms with Crippen LogP contribution in [-0.4, -0.2) is 46.3 Å². The molecule has 0 aliphatic carbocycles. The Kier molecular flexibility index (Phi) is 6.95. The fourth-order valence-electron chi connectivity index (χ4n) is 4.31. The van der Waals surface area contributed by atoms with E-state index in [4.69, 9.17) is 9.97 Å². The number of benzene rings is 1. The van der Waals surface area contributed by atoms with Crippen LogP contribution in [0.25, 0.3) is 0 Å². The lowest BCUT2D eigenvalue weighted by Gasteiger charge is -2.37. The minimum atomic E-state index is 0.450. The Balaban J connectivity index is 1.35. The second-order valence-electron chi connectivity index (χ2n) is 8.68. The van der Waals surface area contributed by atoms with E-state index in [0.29, 0.717) is 6.04 Å². The van der Waals surface area contributed by atoms with Gasteiger partial charge in [-0.1, -0.05) is 30.3 Å². The highest BCUT2D eigenvalue weighted by molar-refractivity contribution is 5.41. The summed E-state index contributed by atoms with van der Waals surface area (Å²) in [5.41, 5.74) is 5.73. The lowest BCUT2D eigenvalue weighted by Crippen LogP contribution is -2.44. The topological polar surface area (TPSA) is 70.1 Å². The fourth-order valence-corrected chi connectivity index (χ4v) is 4.31. The van der Waals surface area contributed by atoms with Gasteiger partial charge in [-0.25, -0.2) is 9.97 Å². The zero-order valence-corrected chi connectivity index (χ0v) is 19.5. The Morgan fingerprint density at radius 3 is 2.34 bits per heavy atom. The summed E-state index contributed by atoms with van der Waals surface area (Å²) in [6.45, 7) is 9.74.